The van der Waals surface area contributed by atoms with Crippen LogP contribution >= 0.6 is 0 Å². The standard InChI is InChI=1S/C26H26N4O5/c1-17-8-11-20(12-9-17)28-25(32)26(33)30-27-15-19-10-13-22(23(14-19)34-3)35-16-24(31)29-21-7-5-4-6-18(21)2/h4-15H,16H2,1-3H3,(H,28,32)(H,29,31)(H,30,33)/b27-15-. The minimum Gasteiger partial charge on any atom is -0.493 e. The molecule has 0 saturated heterocycles. The predicted molar refractivity (Wildman–Crippen MR) is 134 cm³/mol. The van der Waals surface area contributed by atoms with Crippen LogP contribution in [0.15, 0.2) is 71.8 Å². The summed E-state index contributed by atoms with van der Waals surface area (Å²) < 4.78 is 10.9. The molecule has 9 nitrogen and oxygen atoms in total. The number of methoxy groups -OCH3 is 1. The van der Waals surface area contributed by atoms with Crippen LogP contribution < -0.4 is 25.5 Å². The Hall–Kier alpha value is -4.66. The number of carbonyl (C=O) groups excluding carboxylic acids is 3. The molecule has 180 valence electrons. The highest BCUT2D eigenvalue weighted by Gasteiger charge is 2.13. The summed E-state index contributed by atoms with van der Waals surface area (Å²) in [6.45, 7) is 3.62. The summed E-state index contributed by atoms with van der Waals surface area (Å²) in [4.78, 5) is 36.2. The second kappa shape index (κ2) is 12.0. The number of amides is 3. The van der Waals surface area contributed by atoms with Gasteiger partial charge in [-0.2, -0.15) is 5.10 Å². The van der Waals surface area contributed by atoms with E-state index in [-0.39, 0.29) is 12.5 Å². The molecule has 9 heteroatoms. The fourth-order valence-electron chi connectivity index (χ4n) is 2.97. The topological polar surface area (TPSA) is 118 Å². The van der Waals surface area contributed by atoms with Crippen LogP contribution in [0, 0.1) is 13.8 Å². The fraction of sp³-hybridized carbons (Fsp3) is 0.154. The molecule has 0 radical (unpaired) electrons. The number of nitrogens with one attached hydrogen (secondary N) is 3. The summed E-state index contributed by atoms with van der Waals surface area (Å²) >= 11 is 0. The Morgan fingerprint density at radius 3 is 2.34 bits per heavy atom. The zero-order valence-electron chi connectivity index (χ0n) is 19.6. The summed E-state index contributed by atoms with van der Waals surface area (Å²) in [5.74, 6) is -1.31. The molecule has 0 fully saturated rings. The Morgan fingerprint density at radius 2 is 1.63 bits per heavy atom. The van der Waals surface area contributed by atoms with Gasteiger partial charge >= 0.3 is 11.8 Å². The second-order valence-electron chi connectivity index (χ2n) is 7.58. The fourth-order valence-corrected chi connectivity index (χ4v) is 2.97. The van der Waals surface area contributed by atoms with Gasteiger partial charge in [0, 0.05) is 11.4 Å². The van der Waals surface area contributed by atoms with E-state index in [1.165, 1.54) is 13.3 Å². The predicted octanol–water partition coefficient (Wildman–Crippen LogP) is 3.42. The zero-order valence-corrected chi connectivity index (χ0v) is 19.6. The molecule has 0 heterocycles. The lowest BCUT2D eigenvalue weighted by atomic mass is 10.2. The molecule has 0 aliphatic carbocycles. The maximum Gasteiger partial charge on any atom is 0.329 e. The Labute approximate surface area is 203 Å². The lowest BCUT2D eigenvalue weighted by Gasteiger charge is -2.12. The molecular formula is C26H26N4O5. The van der Waals surface area contributed by atoms with Crippen molar-refractivity contribution in [2.45, 2.75) is 13.8 Å². The SMILES string of the molecule is COc1cc(/C=N\NC(=O)C(=O)Nc2ccc(C)cc2)ccc1OCC(=O)Nc1ccccc1C. The summed E-state index contributed by atoms with van der Waals surface area (Å²) in [5, 5.41) is 9.09. The number of para-hydroxylation sites is 1. The first kappa shape index (κ1) is 25.0. The summed E-state index contributed by atoms with van der Waals surface area (Å²) in [7, 11) is 1.47. The normalized spacial score (nSPS) is 10.5. The molecule has 3 aromatic carbocycles. The molecule has 0 unspecified atom stereocenters. The van der Waals surface area contributed by atoms with Crippen molar-refractivity contribution in [1.29, 1.82) is 0 Å². The summed E-state index contributed by atoms with van der Waals surface area (Å²) in [6.07, 6.45) is 1.36. The molecule has 0 aliphatic rings. The van der Waals surface area contributed by atoms with Crippen molar-refractivity contribution >= 4 is 35.3 Å². The smallest absolute Gasteiger partial charge is 0.329 e. The van der Waals surface area contributed by atoms with Crippen LogP contribution in [0.5, 0.6) is 11.5 Å². The molecule has 0 aromatic heterocycles. The van der Waals surface area contributed by atoms with E-state index in [0.717, 1.165) is 11.1 Å². The highest BCUT2D eigenvalue weighted by molar-refractivity contribution is 6.39. The second-order valence-corrected chi connectivity index (χ2v) is 7.58. The summed E-state index contributed by atoms with van der Waals surface area (Å²) in [6, 6.07) is 19.4. The number of hydrazone groups is 1. The largest absolute Gasteiger partial charge is 0.493 e. The number of carbonyl (C=O) groups is 3. The van der Waals surface area contributed by atoms with Crippen LogP contribution in [0.4, 0.5) is 11.4 Å². The average molecular weight is 475 g/mol. The number of hydrogen-bond acceptors (Lipinski definition) is 6. The Balaban J connectivity index is 1.52. The van der Waals surface area contributed by atoms with Crippen LogP contribution in [-0.4, -0.2) is 37.7 Å². The van der Waals surface area contributed by atoms with Gasteiger partial charge in [-0.15, -0.1) is 0 Å². The van der Waals surface area contributed by atoms with Crippen molar-refractivity contribution in [3.63, 3.8) is 0 Å². The highest BCUT2D eigenvalue weighted by Crippen LogP contribution is 2.27. The molecule has 3 aromatic rings. The van der Waals surface area contributed by atoms with Crippen LogP contribution in [0.2, 0.25) is 0 Å². The van der Waals surface area contributed by atoms with Crippen molar-refractivity contribution in [1.82, 2.24) is 5.43 Å². The van der Waals surface area contributed by atoms with E-state index in [1.807, 2.05) is 50.2 Å². The average Bonchev–Trinajstić information content (AvgIpc) is 2.85. The summed E-state index contributed by atoms with van der Waals surface area (Å²) in [5.41, 5.74) is 5.96. The molecule has 0 bridgehead atoms. The molecular weight excluding hydrogens is 448 g/mol. The Bertz CT molecular complexity index is 1240. The maximum absolute atomic E-state index is 12.2. The Kier molecular flexibility index (Phi) is 8.55. The van der Waals surface area contributed by atoms with Crippen molar-refractivity contribution in [2.24, 2.45) is 5.10 Å². The quantitative estimate of drug-likeness (QED) is 0.263. The number of aryl methyl sites for hydroxylation is 2. The molecule has 3 N–H and O–H groups in total. The van der Waals surface area contributed by atoms with Gasteiger partial charge in [0.2, 0.25) is 0 Å². The number of nitrogens with zero attached hydrogens (tertiary/aromatic N) is 1. The van der Waals surface area contributed by atoms with Crippen molar-refractivity contribution in [3.8, 4) is 11.5 Å². The first-order chi connectivity index (χ1) is 16.9. The number of benzene rings is 3. The molecule has 0 saturated carbocycles. The van der Waals surface area contributed by atoms with Crippen LogP contribution in [0.3, 0.4) is 0 Å². The first-order valence-electron chi connectivity index (χ1n) is 10.7. The van der Waals surface area contributed by atoms with Crippen molar-refractivity contribution < 1.29 is 23.9 Å². The van der Waals surface area contributed by atoms with Gasteiger partial charge in [0.1, 0.15) is 0 Å². The van der Waals surface area contributed by atoms with E-state index >= 15 is 0 Å². The third-order valence-electron chi connectivity index (χ3n) is 4.86. The number of hydrogen-bond donors (Lipinski definition) is 3. The maximum atomic E-state index is 12.2. The molecule has 0 atom stereocenters. The zero-order chi connectivity index (χ0) is 25.2. The molecule has 0 spiro atoms. The van der Waals surface area contributed by atoms with Gasteiger partial charge in [0.05, 0.1) is 13.3 Å². The van der Waals surface area contributed by atoms with Crippen LogP contribution in [0.1, 0.15) is 16.7 Å². The molecule has 3 rings (SSSR count). The van der Waals surface area contributed by atoms with Gasteiger partial charge in [-0.3, -0.25) is 14.4 Å². The van der Waals surface area contributed by atoms with Gasteiger partial charge < -0.3 is 20.1 Å². The van der Waals surface area contributed by atoms with Gasteiger partial charge in [-0.05, 0) is 61.4 Å². The van der Waals surface area contributed by atoms with Gasteiger partial charge in [0.15, 0.2) is 18.1 Å². The van der Waals surface area contributed by atoms with E-state index < -0.39 is 11.8 Å². The molecule has 3 amide bonds. The van der Waals surface area contributed by atoms with Gasteiger partial charge in [-0.25, -0.2) is 5.43 Å². The molecule has 0 aliphatic heterocycles. The number of ether oxygens (including phenoxy) is 2. The third-order valence-corrected chi connectivity index (χ3v) is 4.86. The highest BCUT2D eigenvalue weighted by atomic mass is 16.5. The van der Waals surface area contributed by atoms with E-state index in [2.05, 4.69) is 21.2 Å². The van der Waals surface area contributed by atoms with Crippen molar-refractivity contribution in [2.75, 3.05) is 24.4 Å². The minimum absolute atomic E-state index is 0.204. The van der Waals surface area contributed by atoms with Crippen molar-refractivity contribution in [3.05, 3.63) is 83.4 Å². The van der Waals surface area contributed by atoms with E-state index in [4.69, 9.17) is 9.47 Å². The van der Waals surface area contributed by atoms with E-state index in [1.54, 1.807) is 30.3 Å². The van der Waals surface area contributed by atoms with E-state index in [9.17, 15) is 14.4 Å². The van der Waals surface area contributed by atoms with Crippen LogP contribution in [0.25, 0.3) is 0 Å². The van der Waals surface area contributed by atoms with Gasteiger partial charge in [0.25, 0.3) is 5.91 Å². The monoisotopic (exact) mass is 474 g/mol. The number of anilines is 2. The lowest BCUT2D eigenvalue weighted by molar-refractivity contribution is -0.136. The first-order valence-corrected chi connectivity index (χ1v) is 10.7. The molecule has 35 heavy (non-hydrogen) atoms. The number of rotatable bonds is 8. The van der Waals surface area contributed by atoms with Crippen LogP contribution in [-0.2, 0) is 14.4 Å². The Morgan fingerprint density at radius 1 is 0.886 bits per heavy atom. The van der Waals surface area contributed by atoms with E-state index in [0.29, 0.717) is 28.4 Å². The lowest BCUT2D eigenvalue weighted by Crippen LogP contribution is -2.32. The third kappa shape index (κ3) is 7.43. The minimum atomic E-state index is -0.909. The van der Waals surface area contributed by atoms with Gasteiger partial charge in [-0.1, -0.05) is 35.9 Å².